The largest absolute Gasteiger partial charge is 0.346 e. The van der Waals surface area contributed by atoms with E-state index in [0.29, 0.717) is 5.15 Å². The number of hydrogen-bond donors (Lipinski definition) is 0. The van der Waals surface area contributed by atoms with E-state index in [1.807, 2.05) is 25.4 Å². The van der Waals surface area contributed by atoms with Gasteiger partial charge in [-0.15, -0.1) is 0 Å². The lowest BCUT2D eigenvalue weighted by Gasteiger charge is -2.17. The fourth-order valence-electron chi connectivity index (χ4n) is 1.51. The van der Waals surface area contributed by atoms with Gasteiger partial charge < -0.3 is 4.90 Å². The van der Waals surface area contributed by atoms with E-state index in [1.54, 1.807) is 11.8 Å². The lowest BCUT2D eigenvalue weighted by Crippen LogP contribution is -2.23. The standard InChI is InChI=1S/C10H12ClN3S/c1-12-10-14(4-5-15-10)7-8-2-3-9(11)13-6-8/h2-3,6H,4-5,7H2,1H3/b12-10-. The molecule has 2 rings (SSSR count). The summed E-state index contributed by atoms with van der Waals surface area (Å²) in [5, 5.41) is 1.66. The van der Waals surface area contributed by atoms with E-state index in [4.69, 9.17) is 11.6 Å². The topological polar surface area (TPSA) is 28.5 Å². The number of hydrogen-bond acceptors (Lipinski definition) is 3. The SMILES string of the molecule is C/N=C1\SCCN1Cc1ccc(Cl)nc1. The first-order chi connectivity index (χ1) is 7.29. The highest BCUT2D eigenvalue weighted by atomic mass is 35.5. The van der Waals surface area contributed by atoms with Crippen molar-refractivity contribution in [1.82, 2.24) is 9.88 Å². The lowest BCUT2D eigenvalue weighted by molar-refractivity contribution is 0.456. The molecule has 1 aromatic heterocycles. The zero-order chi connectivity index (χ0) is 10.7. The van der Waals surface area contributed by atoms with Gasteiger partial charge in [-0.2, -0.15) is 0 Å². The summed E-state index contributed by atoms with van der Waals surface area (Å²) in [5.74, 6) is 1.12. The van der Waals surface area contributed by atoms with Crippen LogP contribution < -0.4 is 0 Å². The van der Waals surface area contributed by atoms with E-state index in [-0.39, 0.29) is 0 Å². The Bertz CT molecular complexity index is 363. The van der Waals surface area contributed by atoms with Crippen LogP contribution in [0.3, 0.4) is 0 Å². The Labute approximate surface area is 98.6 Å². The first kappa shape index (κ1) is 10.8. The minimum atomic E-state index is 0.541. The number of rotatable bonds is 2. The summed E-state index contributed by atoms with van der Waals surface area (Å²) in [5.41, 5.74) is 1.17. The van der Waals surface area contributed by atoms with Crippen LogP contribution in [0, 0.1) is 0 Å². The van der Waals surface area contributed by atoms with Crippen molar-refractivity contribution in [3.05, 3.63) is 29.0 Å². The summed E-state index contributed by atoms with van der Waals surface area (Å²) in [6.45, 7) is 1.92. The van der Waals surface area contributed by atoms with E-state index in [1.165, 1.54) is 5.56 Å². The molecule has 2 heterocycles. The third-order valence-electron chi connectivity index (χ3n) is 2.22. The van der Waals surface area contributed by atoms with Gasteiger partial charge in [0.05, 0.1) is 0 Å². The van der Waals surface area contributed by atoms with Crippen molar-refractivity contribution in [2.75, 3.05) is 19.3 Å². The molecular formula is C10H12ClN3S. The maximum atomic E-state index is 5.73. The second kappa shape index (κ2) is 4.86. The highest BCUT2D eigenvalue weighted by Crippen LogP contribution is 2.20. The Morgan fingerprint density at radius 3 is 3.13 bits per heavy atom. The van der Waals surface area contributed by atoms with Gasteiger partial charge in [-0.1, -0.05) is 29.4 Å². The van der Waals surface area contributed by atoms with Crippen molar-refractivity contribution in [2.24, 2.45) is 4.99 Å². The Balaban J connectivity index is 2.05. The molecule has 0 bridgehead atoms. The minimum Gasteiger partial charge on any atom is -0.346 e. The fourth-order valence-corrected chi connectivity index (χ4v) is 2.58. The smallest absolute Gasteiger partial charge is 0.159 e. The van der Waals surface area contributed by atoms with Crippen LogP contribution in [-0.2, 0) is 6.54 Å². The second-order valence-corrected chi connectivity index (χ2v) is 4.71. The quantitative estimate of drug-likeness (QED) is 0.744. The molecule has 1 aromatic rings. The molecule has 1 aliphatic heterocycles. The van der Waals surface area contributed by atoms with Crippen LogP contribution in [0.25, 0.3) is 0 Å². The third kappa shape index (κ3) is 2.63. The molecule has 80 valence electrons. The van der Waals surface area contributed by atoms with Crippen LogP contribution in [-0.4, -0.2) is 34.4 Å². The number of thioether (sulfide) groups is 1. The van der Waals surface area contributed by atoms with E-state index in [2.05, 4.69) is 14.9 Å². The molecule has 0 radical (unpaired) electrons. The van der Waals surface area contributed by atoms with Gasteiger partial charge in [-0.05, 0) is 11.6 Å². The van der Waals surface area contributed by atoms with Gasteiger partial charge >= 0.3 is 0 Å². The first-order valence-corrected chi connectivity index (χ1v) is 6.11. The summed E-state index contributed by atoms with van der Waals surface area (Å²) in [6.07, 6.45) is 1.82. The summed E-state index contributed by atoms with van der Waals surface area (Å²) in [7, 11) is 1.83. The molecule has 1 saturated heterocycles. The third-order valence-corrected chi connectivity index (χ3v) is 3.53. The van der Waals surface area contributed by atoms with Gasteiger partial charge in [0.1, 0.15) is 5.15 Å². The molecule has 0 aromatic carbocycles. The molecule has 5 heteroatoms. The van der Waals surface area contributed by atoms with Crippen LogP contribution in [0.15, 0.2) is 23.3 Å². The second-order valence-electron chi connectivity index (χ2n) is 3.27. The van der Waals surface area contributed by atoms with Gasteiger partial charge in [0.2, 0.25) is 0 Å². The maximum Gasteiger partial charge on any atom is 0.159 e. The van der Waals surface area contributed by atoms with Crippen LogP contribution >= 0.6 is 23.4 Å². The molecule has 0 atom stereocenters. The summed E-state index contributed by atoms with van der Waals surface area (Å²) >= 11 is 7.53. The van der Waals surface area contributed by atoms with Crippen LogP contribution in [0.5, 0.6) is 0 Å². The van der Waals surface area contributed by atoms with Crippen molar-refractivity contribution >= 4 is 28.5 Å². The molecular weight excluding hydrogens is 230 g/mol. The van der Waals surface area contributed by atoms with Gasteiger partial charge in [-0.3, -0.25) is 4.99 Å². The molecule has 0 spiro atoms. The highest BCUT2D eigenvalue weighted by Gasteiger charge is 2.18. The van der Waals surface area contributed by atoms with Crippen LogP contribution in [0.1, 0.15) is 5.56 Å². The molecule has 15 heavy (non-hydrogen) atoms. The molecule has 0 aliphatic carbocycles. The molecule has 1 fully saturated rings. The monoisotopic (exact) mass is 241 g/mol. The molecule has 0 amide bonds. The summed E-state index contributed by atoms with van der Waals surface area (Å²) < 4.78 is 0. The summed E-state index contributed by atoms with van der Waals surface area (Å²) in [6, 6.07) is 3.83. The highest BCUT2D eigenvalue weighted by molar-refractivity contribution is 8.14. The molecule has 0 saturated carbocycles. The molecule has 0 N–H and O–H groups in total. The number of amidine groups is 1. The lowest BCUT2D eigenvalue weighted by atomic mass is 10.3. The normalized spacial score (nSPS) is 18.8. The van der Waals surface area contributed by atoms with Crippen molar-refractivity contribution in [2.45, 2.75) is 6.54 Å². The van der Waals surface area contributed by atoms with Gasteiger partial charge in [0.25, 0.3) is 0 Å². The minimum absolute atomic E-state index is 0.541. The van der Waals surface area contributed by atoms with Crippen molar-refractivity contribution in [1.29, 1.82) is 0 Å². The summed E-state index contributed by atoms with van der Waals surface area (Å²) in [4.78, 5) is 10.6. The molecule has 1 aliphatic rings. The first-order valence-electron chi connectivity index (χ1n) is 4.74. The van der Waals surface area contributed by atoms with E-state index in [0.717, 1.165) is 24.0 Å². The number of halogens is 1. The van der Waals surface area contributed by atoms with Gasteiger partial charge in [0.15, 0.2) is 5.17 Å². The number of nitrogens with zero attached hydrogens (tertiary/aromatic N) is 3. The van der Waals surface area contributed by atoms with Crippen molar-refractivity contribution in [3.63, 3.8) is 0 Å². The number of aliphatic imine (C=N–C) groups is 1. The van der Waals surface area contributed by atoms with E-state index < -0.39 is 0 Å². The van der Waals surface area contributed by atoms with E-state index >= 15 is 0 Å². The zero-order valence-corrected chi connectivity index (χ0v) is 10.1. The van der Waals surface area contributed by atoms with Crippen LogP contribution in [0.2, 0.25) is 5.15 Å². The predicted octanol–water partition coefficient (Wildman–Crippen LogP) is 2.27. The Kier molecular flexibility index (Phi) is 3.49. The average molecular weight is 242 g/mol. The van der Waals surface area contributed by atoms with Gasteiger partial charge in [0, 0.05) is 32.1 Å². The van der Waals surface area contributed by atoms with Crippen LogP contribution in [0.4, 0.5) is 0 Å². The number of pyridine rings is 1. The van der Waals surface area contributed by atoms with Gasteiger partial charge in [-0.25, -0.2) is 4.98 Å². The van der Waals surface area contributed by atoms with Crippen molar-refractivity contribution < 1.29 is 0 Å². The predicted molar refractivity (Wildman–Crippen MR) is 65.5 cm³/mol. The maximum absolute atomic E-state index is 5.73. The fraction of sp³-hybridized carbons (Fsp3) is 0.400. The van der Waals surface area contributed by atoms with Crippen molar-refractivity contribution in [3.8, 4) is 0 Å². The number of aromatic nitrogens is 1. The Morgan fingerprint density at radius 1 is 1.60 bits per heavy atom. The molecule has 0 unspecified atom stereocenters. The zero-order valence-electron chi connectivity index (χ0n) is 8.48. The molecule has 3 nitrogen and oxygen atoms in total. The Morgan fingerprint density at radius 2 is 2.47 bits per heavy atom. The Hall–Kier alpha value is -0.740. The average Bonchev–Trinajstić information content (AvgIpc) is 2.69. The van der Waals surface area contributed by atoms with E-state index in [9.17, 15) is 0 Å².